The van der Waals surface area contributed by atoms with Crippen LogP contribution in [0, 0.1) is 0 Å². The molecule has 1 fully saturated rings. The summed E-state index contributed by atoms with van der Waals surface area (Å²) in [5.41, 5.74) is 3.20. The normalized spacial score (nSPS) is 16.3. The van der Waals surface area contributed by atoms with Crippen molar-refractivity contribution in [2.45, 2.75) is 19.4 Å². The standard InChI is InChI=1S/C23H30N4O3S/c1-25(9-7-23(29)27-10-6-21-18(16-27)8-15-31-21)17-22(28)24-19-2-4-20(5-3-19)26-11-13-30-14-12-26/h2-5,8,15H,6-7,9-14,16-17H2,1H3,(H,24,28). The second kappa shape index (κ2) is 10.3. The number of thiophene rings is 1. The van der Waals surface area contributed by atoms with Crippen molar-refractivity contribution in [3.8, 4) is 0 Å². The average molecular weight is 443 g/mol. The first-order valence-electron chi connectivity index (χ1n) is 10.8. The summed E-state index contributed by atoms with van der Waals surface area (Å²) in [4.78, 5) is 32.5. The van der Waals surface area contributed by atoms with Crippen molar-refractivity contribution < 1.29 is 14.3 Å². The number of hydrogen-bond acceptors (Lipinski definition) is 6. The second-order valence-electron chi connectivity index (χ2n) is 8.12. The summed E-state index contributed by atoms with van der Waals surface area (Å²) >= 11 is 1.77. The van der Waals surface area contributed by atoms with Gasteiger partial charge in [-0.3, -0.25) is 14.5 Å². The minimum atomic E-state index is -0.0741. The first kappa shape index (κ1) is 21.8. The van der Waals surface area contributed by atoms with Crippen LogP contribution < -0.4 is 10.2 Å². The monoisotopic (exact) mass is 442 g/mol. The topological polar surface area (TPSA) is 65.1 Å². The third-order valence-corrected chi connectivity index (χ3v) is 6.83. The molecule has 7 nitrogen and oxygen atoms in total. The molecule has 0 bridgehead atoms. The van der Waals surface area contributed by atoms with Gasteiger partial charge < -0.3 is 19.9 Å². The highest BCUT2D eigenvalue weighted by Crippen LogP contribution is 2.24. The number of fused-ring (bicyclic) bond motifs is 1. The zero-order valence-corrected chi connectivity index (χ0v) is 18.8. The van der Waals surface area contributed by atoms with E-state index in [1.165, 1.54) is 10.4 Å². The van der Waals surface area contributed by atoms with E-state index in [1.807, 2.05) is 41.1 Å². The first-order valence-corrected chi connectivity index (χ1v) is 11.7. The van der Waals surface area contributed by atoms with E-state index in [1.54, 1.807) is 11.3 Å². The molecule has 8 heteroatoms. The Kier molecular flexibility index (Phi) is 7.21. The molecular formula is C23H30N4O3S. The van der Waals surface area contributed by atoms with Crippen LogP contribution in [-0.4, -0.2) is 74.6 Å². The molecule has 2 aliphatic rings. The van der Waals surface area contributed by atoms with Gasteiger partial charge in [0.25, 0.3) is 0 Å². The molecule has 0 aliphatic carbocycles. The number of ether oxygens (including phenoxy) is 1. The quantitative estimate of drug-likeness (QED) is 0.714. The van der Waals surface area contributed by atoms with E-state index in [4.69, 9.17) is 4.74 Å². The molecule has 166 valence electrons. The number of rotatable bonds is 7. The minimum absolute atomic E-state index is 0.0741. The van der Waals surface area contributed by atoms with Gasteiger partial charge in [-0.2, -0.15) is 0 Å². The Labute approximate surface area is 187 Å². The third-order valence-electron chi connectivity index (χ3n) is 5.81. The van der Waals surface area contributed by atoms with E-state index in [0.29, 0.717) is 19.5 Å². The number of amides is 2. The first-order chi connectivity index (χ1) is 15.1. The van der Waals surface area contributed by atoms with Crippen LogP contribution in [0.2, 0.25) is 0 Å². The Bertz CT molecular complexity index is 892. The molecule has 1 saturated heterocycles. The SMILES string of the molecule is CN(CCC(=O)N1CCc2sccc2C1)CC(=O)Nc1ccc(N2CCOCC2)cc1. The summed E-state index contributed by atoms with van der Waals surface area (Å²) < 4.78 is 5.39. The minimum Gasteiger partial charge on any atom is -0.378 e. The molecule has 0 unspecified atom stereocenters. The van der Waals surface area contributed by atoms with Gasteiger partial charge in [-0.15, -0.1) is 11.3 Å². The van der Waals surface area contributed by atoms with E-state index in [9.17, 15) is 9.59 Å². The summed E-state index contributed by atoms with van der Waals surface area (Å²) in [7, 11) is 1.88. The number of likely N-dealkylation sites (N-methyl/N-ethyl adjacent to an activating group) is 1. The number of carbonyl (C=O) groups excluding carboxylic acids is 2. The Hall–Kier alpha value is -2.42. The summed E-state index contributed by atoms with van der Waals surface area (Å²) in [6, 6.07) is 10.0. The molecule has 2 aliphatic heterocycles. The highest BCUT2D eigenvalue weighted by Gasteiger charge is 2.21. The summed E-state index contributed by atoms with van der Waals surface area (Å²) in [6.45, 7) is 5.60. The number of nitrogens with one attached hydrogen (secondary N) is 1. The zero-order valence-electron chi connectivity index (χ0n) is 18.0. The number of morpholine rings is 1. The number of nitrogens with zero attached hydrogens (tertiary/aromatic N) is 3. The van der Waals surface area contributed by atoms with Gasteiger partial charge in [0.1, 0.15) is 0 Å². The van der Waals surface area contributed by atoms with Gasteiger partial charge in [-0.05, 0) is 54.7 Å². The fourth-order valence-corrected chi connectivity index (χ4v) is 4.90. The molecule has 31 heavy (non-hydrogen) atoms. The summed E-state index contributed by atoms with van der Waals surface area (Å²) in [5, 5.41) is 5.04. The number of carbonyl (C=O) groups is 2. The highest BCUT2D eigenvalue weighted by atomic mass is 32.1. The maximum atomic E-state index is 12.6. The average Bonchev–Trinajstić information content (AvgIpc) is 3.26. The largest absolute Gasteiger partial charge is 0.378 e. The molecule has 1 aromatic carbocycles. The van der Waals surface area contributed by atoms with E-state index in [-0.39, 0.29) is 18.4 Å². The Balaban J connectivity index is 1.18. The molecule has 0 radical (unpaired) electrons. The van der Waals surface area contributed by atoms with Crippen molar-refractivity contribution in [2.24, 2.45) is 0 Å². The summed E-state index contributed by atoms with van der Waals surface area (Å²) in [5.74, 6) is 0.0813. The van der Waals surface area contributed by atoms with Crippen LogP contribution >= 0.6 is 11.3 Å². The summed E-state index contributed by atoms with van der Waals surface area (Å²) in [6.07, 6.45) is 1.37. The van der Waals surface area contributed by atoms with Gasteiger partial charge in [-0.1, -0.05) is 0 Å². The smallest absolute Gasteiger partial charge is 0.238 e. The van der Waals surface area contributed by atoms with Crippen LogP contribution in [0.1, 0.15) is 16.9 Å². The molecule has 1 N–H and O–H groups in total. The lowest BCUT2D eigenvalue weighted by atomic mass is 10.1. The van der Waals surface area contributed by atoms with Crippen molar-refractivity contribution >= 4 is 34.5 Å². The van der Waals surface area contributed by atoms with Crippen LogP contribution in [0.4, 0.5) is 11.4 Å². The maximum absolute atomic E-state index is 12.6. The fraction of sp³-hybridized carbons (Fsp3) is 0.478. The molecule has 4 rings (SSSR count). The highest BCUT2D eigenvalue weighted by molar-refractivity contribution is 7.10. The molecule has 2 amide bonds. The lowest BCUT2D eigenvalue weighted by Crippen LogP contribution is -2.38. The molecular weight excluding hydrogens is 412 g/mol. The van der Waals surface area contributed by atoms with Crippen molar-refractivity contribution in [1.29, 1.82) is 0 Å². The van der Waals surface area contributed by atoms with Crippen LogP contribution in [0.3, 0.4) is 0 Å². The molecule has 0 atom stereocenters. The maximum Gasteiger partial charge on any atom is 0.238 e. The zero-order chi connectivity index (χ0) is 21.6. The number of benzene rings is 1. The van der Waals surface area contributed by atoms with E-state index < -0.39 is 0 Å². The van der Waals surface area contributed by atoms with Gasteiger partial charge in [0, 0.05) is 55.4 Å². The molecule has 1 aromatic heterocycles. The molecule has 0 spiro atoms. The van der Waals surface area contributed by atoms with Gasteiger partial charge in [0.2, 0.25) is 11.8 Å². The molecule has 3 heterocycles. The van der Waals surface area contributed by atoms with Crippen LogP contribution in [-0.2, 0) is 27.3 Å². The van der Waals surface area contributed by atoms with Gasteiger partial charge in [0.15, 0.2) is 0 Å². The predicted octanol–water partition coefficient (Wildman–Crippen LogP) is 2.43. The lowest BCUT2D eigenvalue weighted by molar-refractivity contribution is -0.132. The second-order valence-corrected chi connectivity index (χ2v) is 9.12. The number of hydrogen-bond donors (Lipinski definition) is 1. The van der Waals surface area contributed by atoms with Gasteiger partial charge in [0.05, 0.1) is 19.8 Å². The van der Waals surface area contributed by atoms with Crippen molar-refractivity contribution in [3.63, 3.8) is 0 Å². The van der Waals surface area contributed by atoms with Gasteiger partial charge in [-0.25, -0.2) is 0 Å². The van der Waals surface area contributed by atoms with E-state index in [2.05, 4.69) is 21.7 Å². The molecule has 0 saturated carbocycles. The van der Waals surface area contributed by atoms with E-state index >= 15 is 0 Å². The van der Waals surface area contributed by atoms with Crippen LogP contribution in [0.15, 0.2) is 35.7 Å². The Morgan fingerprint density at radius 2 is 1.90 bits per heavy atom. The lowest BCUT2D eigenvalue weighted by Gasteiger charge is -2.29. The van der Waals surface area contributed by atoms with Crippen LogP contribution in [0.5, 0.6) is 0 Å². The van der Waals surface area contributed by atoms with Crippen molar-refractivity contribution in [1.82, 2.24) is 9.80 Å². The van der Waals surface area contributed by atoms with E-state index in [0.717, 1.165) is 50.6 Å². The Morgan fingerprint density at radius 1 is 1.13 bits per heavy atom. The number of anilines is 2. The fourth-order valence-electron chi connectivity index (χ4n) is 4.01. The molecule has 2 aromatic rings. The third kappa shape index (κ3) is 5.84. The Morgan fingerprint density at radius 3 is 2.68 bits per heavy atom. The van der Waals surface area contributed by atoms with Crippen LogP contribution in [0.25, 0.3) is 0 Å². The van der Waals surface area contributed by atoms with Gasteiger partial charge >= 0.3 is 0 Å². The van der Waals surface area contributed by atoms with Crippen molar-refractivity contribution in [2.75, 3.05) is 63.2 Å². The predicted molar refractivity (Wildman–Crippen MR) is 124 cm³/mol. The van der Waals surface area contributed by atoms with Crippen molar-refractivity contribution in [3.05, 3.63) is 46.2 Å².